The van der Waals surface area contributed by atoms with E-state index in [4.69, 9.17) is 5.11 Å². The Morgan fingerprint density at radius 1 is 1.35 bits per heavy atom. The van der Waals surface area contributed by atoms with E-state index in [2.05, 4.69) is 23.7 Å². The highest BCUT2D eigenvalue weighted by Crippen LogP contribution is 2.31. The Morgan fingerprint density at radius 2 is 2.00 bits per heavy atom. The van der Waals surface area contributed by atoms with Crippen molar-refractivity contribution in [3.63, 3.8) is 0 Å². The summed E-state index contributed by atoms with van der Waals surface area (Å²) in [5.74, 6) is -0.0469. The number of carboxylic acids is 1. The van der Waals surface area contributed by atoms with Crippen molar-refractivity contribution in [2.45, 2.75) is 26.7 Å². The number of nitrogens with zero attached hydrogens (tertiary/aromatic N) is 2. The van der Waals surface area contributed by atoms with Crippen molar-refractivity contribution in [3.05, 3.63) is 23.9 Å². The van der Waals surface area contributed by atoms with E-state index in [1.54, 1.807) is 12.1 Å². The largest absolute Gasteiger partial charge is 0.478 e. The first kappa shape index (κ1) is 11.9. The molecule has 0 atom stereocenters. The van der Waals surface area contributed by atoms with E-state index in [1.165, 1.54) is 6.20 Å². The molecule has 1 aliphatic rings. The minimum Gasteiger partial charge on any atom is -0.478 e. The average Bonchev–Trinajstić information content (AvgIpc) is 2.29. The van der Waals surface area contributed by atoms with Crippen LogP contribution >= 0.6 is 0 Å². The summed E-state index contributed by atoms with van der Waals surface area (Å²) < 4.78 is 0. The summed E-state index contributed by atoms with van der Waals surface area (Å²) in [5.41, 5.74) is 0.656. The van der Waals surface area contributed by atoms with Gasteiger partial charge in [0.2, 0.25) is 0 Å². The lowest BCUT2D eigenvalue weighted by atomic mass is 9.83. The number of rotatable bonds is 2. The molecule has 1 N–H and O–H groups in total. The summed E-state index contributed by atoms with van der Waals surface area (Å²) in [6, 6.07) is 3.41. The Kier molecular flexibility index (Phi) is 3.05. The quantitative estimate of drug-likeness (QED) is 0.853. The predicted octanol–water partition coefficient (Wildman–Crippen LogP) is 2.41. The standard InChI is InChI=1S/C13H18N2O2/c1-13(2)5-7-15(8-6-13)11-4-3-10(9-14-11)12(16)17/h3-4,9H,5-8H2,1-2H3,(H,16,17). The molecule has 4 heteroatoms. The second kappa shape index (κ2) is 4.35. The molecule has 17 heavy (non-hydrogen) atoms. The van der Waals surface area contributed by atoms with Gasteiger partial charge in [-0.2, -0.15) is 0 Å². The molecule has 0 bridgehead atoms. The smallest absolute Gasteiger partial charge is 0.337 e. The van der Waals surface area contributed by atoms with Gasteiger partial charge in [-0.3, -0.25) is 0 Å². The molecule has 2 heterocycles. The molecule has 1 aromatic heterocycles. The molecule has 1 fully saturated rings. The molecule has 0 unspecified atom stereocenters. The molecule has 0 spiro atoms. The molecular weight excluding hydrogens is 216 g/mol. The van der Waals surface area contributed by atoms with Crippen LogP contribution in [0.3, 0.4) is 0 Å². The molecule has 2 rings (SSSR count). The van der Waals surface area contributed by atoms with Crippen molar-refractivity contribution in [1.29, 1.82) is 0 Å². The van der Waals surface area contributed by atoms with E-state index in [0.29, 0.717) is 5.41 Å². The van der Waals surface area contributed by atoms with Crippen LogP contribution in [0.25, 0.3) is 0 Å². The maximum Gasteiger partial charge on any atom is 0.337 e. The van der Waals surface area contributed by atoms with Crippen LogP contribution < -0.4 is 4.90 Å². The van der Waals surface area contributed by atoms with E-state index in [0.717, 1.165) is 31.7 Å². The zero-order chi connectivity index (χ0) is 12.5. The fourth-order valence-corrected chi connectivity index (χ4v) is 2.04. The first-order valence-corrected chi connectivity index (χ1v) is 5.92. The third-order valence-electron chi connectivity index (χ3n) is 3.44. The molecule has 1 aliphatic heterocycles. The zero-order valence-electron chi connectivity index (χ0n) is 10.3. The normalized spacial score (nSPS) is 19.1. The highest BCUT2D eigenvalue weighted by atomic mass is 16.4. The van der Waals surface area contributed by atoms with Gasteiger partial charge >= 0.3 is 5.97 Å². The number of aromatic carboxylic acids is 1. The summed E-state index contributed by atoms with van der Waals surface area (Å²) >= 11 is 0. The molecular formula is C13H18N2O2. The van der Waals surface area contributed by atoms with Crippen molar-refractivity contribution >= 4 is 11.8 Å². The molecule has 0 amide bonds. The van der Waals surface area contributed by atoms with Crippen LogP contribution in [0.4, 0.5) is 5.82 Å². The maximum absolute atomic E-state index is 10.7. The topological polar surface area (TPSA) is 53.4 Å². The highest BCUT2D eigenvalue weighted by Gasteiger charge is 2.25. The summed E-state index contributed by atoms with van der Waals surface area (Å²) in [6.07, 6.45) is 3.72. The predicted molar refractivity (Wildman–Crippen MR) is 66.4 cm³/mol. The number of piperidine rings is 1. The first-order valence-electron chi connectivity index (χ1n) is 5.92. The summed E-state index contributed by atoms with van der Waals surface area (Å²) in [5, 5.41) is 8.80. The molecule has 0 radical (unpaired) electrons. The van der Waals surface area contributed by atoms with Crippen molar-refractivity contribution < 1.29 is 9.90 Å². The van der Waals surface area contributed by atoms with Crippen molar-refractivity contribution in [2.24, 2.45) is 5.41 Å². The maximum atomic E-state index is 10.7. The van der Waals surface area contributed by atoms with Gasteiger partial charge in [-0.1, -0.05) is 13.8 Å². The lowest BCUT2D eigenvalue weighted by Gasteiger charge is -2.37. The molecule has 0 aromatic carbocycles. The van der Waals surface area contributed by atoms with E-state index < -0.39 is 5.97 Å². The highest BCUT2D eigenvalue weighted by molar-refractivity contribution is 5.87. The van der Waals surface area contributed by atoms with Crippen molar-refractivity contribution in [3.8, 4) is 0 Å². The van der Waals surface area contributed by atoms with Crippen LogP contribution in [0, 0.1) is 5.41 Å². The van der Waals surface area contributed by atoms with Crippen molar-refractivity contribution in [2.75, 3.05) is 18.0 Å². The van der Waals surface area contributed by atoms with Gasteiger partial charge < -0.3 is 10.0 Å². The van der Waals surface area contributed by atoms with Gasteiger partial charge in [0.15, 0.2) is 0 Å². The number of hydrogen-bond acceptors (Lipinski definition) is 3. The fraction of sp³-hybridized carbons (Fsp3) is 0.538. The third kappa shape index (κ3) is 2.75. The van der Waals surface area contributed by atoms with E-state index in [9.17, 15) is 4.79 Å². The first-order chi connectivity index (χ1) is 7.98. The van der Waals surface area contributed by atoms with Gasteiger partial charge in [-0.15, -0.1) is 0 Å². The Labute approximate surface area is 101 Å². The summed E-state index contributed by atoms with van der Waals surface area (Å²) in [6.45, 7) is 6.55. The van der Waals surface area contributed by atoms with Gasteiger partial charge in [-0.25, -0.2) is 9.78 Å². The number of hydrogen-bond donors (Lipinski definition) is 1. The zero-order valence-corrected chi connectivity index (χ0v) is 10.3. The molecule has 1 saturated heterocycles. The molecule has 4 nitrogen and oxygen atoms in total. The second-order valence-corrected chi connectivity index (χ2v) is 5.36. The number of carbonyl (C=O) groups is 1. The van der Waals surface area contributed by atoms with E-state index in [1.807, 2.05) is 0 Å². The number of carboxylic acid groups (broad SMARTS) is 1. The van der Waals surface area contributed by atoms with Gasteiger partial charge in [0.05, 0.1) is 5.56 Å². The lowest BCUT2D eigenvalue weighted by Crippen LogP contribution is -2.37. The molecule has 1 aromatic rings. The monoisotopic (exact) mass is 234 g/mol. The van der Waals surface area contributed by atoms with Crippen LogP contribution in [0.5, 0.6) is 0 Å². The molecule has 92 valence electrons. The van der Waals surface area contributed by atoms with Crippen LogP contribution in [0.15, 0.2) is 18.3 Å². The number of pyridine rings is 1. The van der Waals surface area contributed by atoms with Crippen LogP contribution in [-0.4, -0.2) is 29.1 Å². The van der Waals surface area contributed by atoms with Crippen molar-refractivity contribution in [1.82, 2.24) is 4.98 Å². The van der Waals surface area contributed by atoms with Gasteiger partial charge in [-0.05, 0) is 30.4 Å². The van der Waals surface area contributed by atoms with Crippen LogP contribution in [0.1, 0.15) is 37.0 Å². The summed E-state index contributed by atoms with van der Waals surface area (Å²) in [7, 11) is 0. The van der Waals surface area contributed by atoms with E-state index in [-0.39, 0.29) is 5.56 Å². The number of aromatic nitrogens is 1. The minimum atomic E-state index is -0.927. The lowest BCUT2D eigenvalue weighted by molar-refractivity contribution is 0.0696. The SMILES string of the molecule is CC1(C)CCN(c2ccc(C(=O)O)cn2)CC1. The Bertz CT molecular complexity index is 402. The average molecular weight is 234 g/mol. The fourth-order valence-electron chi connectivity index (χ4n) is 2.04. The molecule has 0 saturated carbocycles. The third-order valence-corrected chi connectivity index (χ3v) is 3.44. The molecule has 0 aliphatic carbocycles. The van der Waals surface area contributed by atoms with Gasteiger partial charge in [0.25, 0.3) is 0 Å². The second-order valence-electron chi connectivity index (χ2n) is 5.36. The van der Waals surface area contributed by atoms with Gasteiger partial charge in [0, 0.05) is 19.3 Å². The minimum absolute atomic E-state index is 0.242. The number of anilines is 1. The Morgan fingerprint density at radius 3 is 2.47 bits per heavy atom. The Hall–Kier alpha value is -1.58. The van der Waals surface area contributed by atoms with Gasteiger partial charge in [0.1, 0.15) is 5.82 Å². The Balaban J connectivity index is 2.06. The van der Waals surface area contributed by atoms with Crippen LogP contribution in [-0.2, 0) is 0 Å². The van der Waals surface area contributed by atoms with Crippen LogP contribution in [0.2, 0.25) is 0 Å². The van der Waals surface area contributed by atoms with E-state index >= 15 is 0 Å². The summed E-state index contributed by atoms with van der Waals surface area (Å²) in [4.78, 5) is 17.2.